The number of rotatable bonds is 3. The smallest absolute Gasteiger partial charge is 0.192 e. The lowest BCUT2D eigenvalue weighted by atomic mass is 10.2. The Morgan fingerprint density at radius 2 is 1.94 bits per heavy atom. The van der Waals surface area contributed by atoms with Crippen molar-refractivity contribution in [2.24, 2.45) is 5.29 Å². The summed E-state index contributed by atoms with van der Waals surface area (Å²) in [6.07, 6.45) is 1.08. The van der Waals surface area contributed by atoms with Gasteiger partial charge < -0.3 is 4.43 Å². The zero-order chi connectivity index (χ0) is 12.6. The molecule has 0 aromatic carbocycles. The molecule has 2 atom stereocenters. The minimum atomic E-state index is -1.72. The average Bonchev–Trinajstić information content (AvgIpc) is 2.45. The second-order valence-electron chi connectivity index (χ2n) is 6.19. The van der Waals surface area contributed by atoms with Crippen molar-refractivity contribution in [1.82, 2.24) is 5.01 Å². The highest BCUT2D eigenvalue weighted by Crippen LogP contribution is 2.39. The quantitative estimate of drug-likeness (QED) is 0.565. The minimum absolute atomic E-state index is 0.117. The Bertz CT molecular complexity index is 263. The summed E-state index contributed by atoms with van der Waals surface area (Å²) in [7, 11) is -1.72. The summed E-state index contributed by atoms with van der Waals surface area (Å²) in [5.41, 5.74) is 0. The van der Waals surface area contributed by atoms with Crippen LogP contribution in [-0.4, -0.2) is 32.0 Å². The Kier molecular flexibility index (Phi) is 3.79. The minimum Gasteiger partial charge on any atom is -0.412 e. The lowest BCUT2D eigenvalue weighted by Crippen LogP contribution is -2.46. The first-order valence-corrected chi connectivity index (χ1v) is 8.87. The van der Waals surface area contributed by atoms with E-state index in [0.717, 1.165) is 13.0 Å². The molecule has 0 unspecified atom stereocenters. The van der Waals surface area contributed by atoms with E-state index in [-0.39, 0.29) is 17.2 Å². The molecule has 1 fully saturated rings. The third kappa shape index (κ3) is 2.63. The first-order chi connectivity index (χ1) is 7.19. The van der Waals surface area contributed by atoms with Crippen LogP contribution in [0.15, 0.2) is 5.29 Å². The third-order valence-electron chi connectivity index (χ3n) is 4.01. The molecule has 0 N–H and O–H groups in total. The van der Waals surface area contributed by atoms with Crippen molar-refractivity contribution >= 4 is 8.32 Å². The largest absolute Gasteiger partial charge is 0.412 e. The maximum Gasteiger partial charge on any atom is 0.192 e. The van der Waals surface area contributed by atoms with Gasteiger partial charge in [-0.2, -0.15) is 0 Å². The van der Waals surface area contributed by atoms with Crippen molar-refractivity contribution in [1.29, 1.82) is 0 Å². The van der Waals surface area contributed by atoms with Gasteiger partial charge in [-0.15, -0.1) is 4.91 Å². The van der Waals surface area contributed by atoms with E-state index in [1.807, 2.05) is 6.92 Å². The zero-order valence-electron chi connectivity index (χ0n) is 11.3. The highest BCUT2D eigenvalue weighted by molar-refractivity contribution is 6.74. The van der Waals surface area contributed by atoms with E-state index in [2.05, 4.69) is 39.2 Å². The Morgan fingerprint density at radius 3 is 2.31 bits per heavy atom. The van der Waals surface area contributed by atoms with Crippen LogP contribution in [0.5, 0.6) is 0 Å². The van der Waals surface area contributed by atoms with Gasteiger partial charge in [-0.3, -0.25) is 5.01 Å². The van der Waals surface area contributed by atoms with Crippen molar-refractivity contribution in [2.75, 3.05) is 6.54 Å². The topological polar surface area (TPSA) is 41.9 Å². The van der Waals surface area contributed by atoms with Gasteiger partial charge in [0.25, 0.3) is 0 Å². The van der Waals surface area contributed by atoms with Crippen molar-refractivity contribution in [2.45, 2.75) is 64.4 Å². The van der Waals surface area contributed by atoms with E-state index >= 15 is 0 Å². The summed E-state index contributed by atoms with van der Waals surface area (Å²) < 4.78 is 6.31. The Morgan fingerprint density at radius 1 is 1.38 bits per heavy atom. The van der Waals surface area contributed by atoms with Gasteiger partial charge in [-0.05, 0) is 31.5 Å². The molecule has 0 spiro atoms. The maximum absolute atomic E-state index is 10.6. The number of hydrogen-bond acceptors (Lipinski definition) is 3. The molecule has 0 aliphatic carbocycles. The van der Waals surface area contributed by atoms with E-state index in [9.17, 15) is 4.91 Å². The number of nitrogens with zero attached hydrogens (tertiary/aromatic N) is 2. The summed E-state index contributed by atoms with van der Waals surface area (Å²) in [4.78, 5) is 10.6. The van der Waals surface area contributed by atoms with Crippen LogP contribution < -0.4 is 0 Å². The van der Waals surface area contributed by atoms with Gasteiger partial charge in [0.2, 0.25) is 0 Å². The monoisotopic (exact) mass is 244 g/mol. The molecule has 0 aromatic rings. The summed E-state index contributed by atoms with van der Waals surface area (Å²) in [6.45, 7) is 13.9. The maximum atomic E-state index is 10.6. The van der Waals surface area contributed by atoms with E-state index in [4.69, 9.17) is 4.43 Å². The lowest BCUT2D eigenvalue weighted by Gasteiger charge is -2.39. The van der Waals surface area contributed by atoms with Crippen LogP contribution in [0.25, 0.3) is 0 Å². The van der Waals surface area contributed by atoms with Gasteiger partial charge in [-0.1, -0.05) is 20.8 Å². The molecule has 1 saturated heterocycles. The van der Waals surface area contributed by atoms with Gasteiger partial charge in [0, 0.05) is 6.54 Å². The van der Waals surface area contributed by atoms with Crippen LogP contribution in [0.2, 0.25) is 18.1 Å². The summed E-state index contributed by atoms with van der Waals surface area (Å²) >= 11 is 0. The summed E-state index contributed by atoms with van der Waals surface area (Å²) in [6, 6.07) is 0.117. The molecule has 5 heteroatoms. The summed E-state index contributed by atoms with van der Waals surface area (Å²) in [5, 5.41) is 4.84. The van der Waals surface area contributed by atoms with Gasteiger partial charge in [0.05, 0.1) is 17.4 Å². The first kappa shape index (κ1) is 13.6. The fraction of sp³-hybridized carbons (Fsp3) is 1.00. The molecule has 0 aromatic heterocycles. The fourth-order valence-corrected chi connectivity index (χ4v) is 3.15. The van der Waals surface area contributed by atoms with Gasteiger partial charge in [0.15, 0.2) is 8.32 Å². The fourth-order valence-electron chi connectivity index (χ4n) is 1.72. The van der Waals surface area contributed by atoms with Crippen LogP contribution in [0.3, 0.4) is 0 Å². The second kappa shape index (κ2) is 4.45. The first-order valence-electron chi connectivity index (χ1n) is 5.97. The lowest BCUT2D eigenvalue weighted by molar-refractivity contribution is 0.134. The zero-order valence-corrected chi connectivity index (χ0v) is 12.3. The number of nitroso groups, excluding NO2 is 1. The van der Waals surface area contributed by atoms with Crippen LogP contribution >= 0.6 is 0 Å². The van der Waals surface area contributed by atoms with Crippen LogP contribution in [0.4, 0.5) is 0 Å². The van der Waals surface area contributed by atoms with Crippen molar-refractivity contribution in [3.63, 3.8) is 0 Å². The van der Waals surface area contributed by atoms with Gasteiger partial charge in [0.1, 0.15) is 0 Å². The third-order valence-corrected chi connectivity index (χ3v) is 8.51. The van der Waals surface area contributed by atoms with Crippen molar-refractivity contribution < 1.29 is 4.43 Å². The normalized spacial score (nSPS) is 27.2. The summed E-state index contributed by atoms with van der Waals surface area (Å²) in [5.74, 6) is 0. The standard InChI is InChI=1S/C11H24N2O2Si/c1-9-10(7-8-13(9)12-14)15-16(5,6)11(2,3)4/h9-10H,7-8H2,1-6H3/t9-,10-/m0/s1. The second-order valence-corrected chi connectivity index (χ2v) is 10.9. The molecule has 0 radical (unpaired) electrons. The molecule has 4 nitrogen and oxygen atoms in total. The molecule has 94 valence electrons. The molecule has 0 amide bonds. The average molecular weight is 244 g/mol. The molecule has 1 rings (SSSR count). The Hall–Kier alpha value is -0.423. The molecule has 1 heterocycles. The molecule has 0 bridgehead atoms. The number of hydrogen-bond donors (Lipinski definition) is 0. The predicted octanol–water partition coefficient (Wildman–Crippen LogP) is 3.15. The van der Waals surface area contributed by atoms with Crippen molar-refractivity contribution in [3.05, 3.63) is 4.91 Å². The van der Waals surface area contributed by atoms with Crippen LogP contribution in [0.1, 0.15) is 34.1 Å². The molecular weight excluding hydrogens is 220 g/mol. The Balaban J connectivity index is 2.66. The van der Waals surface area contributed by atoms with Crippen molar-refractivity contribution in [3.8, 4) is 0 Å². The molecule has 1 aliphatic heterocycles. The Labute approximate surface area is 99.4 Å². The van der Waals surface area contributed by atoms with E-state index < -0.39 is 8.32 Å². The SMILES string of the molecule is C[C@H]1[C@@H](O[Si](C)(C)C(C)(C)C)CCN1N=O. The molecule has 16 heavy (non-hydrogen) atoms. The van der Waals surface area contributed by atoms with Gasteiger partial charge in [-0.25, -0.2) is 0 Å². The molecular formula is C11H24N2O2Si. The van der Waals surface area contributed by atoms with E-state index in [0.29, 0.717) is 0 Å². The highest BCUT2D eigenvalue weighted by Gasteiger charge is 2.42. The van der Waals surface area contributed by atoms with E-state index in [1.165, 1.54) is 0 Å². The molecule has 1 aliphatic rings. The van der Waals surface area contributed by atoms with Crippen LogP contribution in [0, 0.1) is 4.91 Å². The highest BCUT2D eigenvalue weighted by atomic mass is 28.4. The molecule has 0 saturated carbocycles. The van der Waals surface area contributed by atoms with E-state index in [1.54, 1.807) is 5.01 Å². The van der Waals surface area contributed by atoms with Crippen LogP contribution in [-0.2, 0) is 4.43 Å². The van der Waals surface area contributed by atoms with Gasteiger partial charge >= 0.3 is 0 Å². The predicted molar refractivity (Wildman–Crippen MR) is 68.7 cm³/mol.